The molecular formula is C6H13O8P. The summed E-state index contributed by atoms with van der Waals surface area (Å²) in [6.07, 6.45) is -5.88. The van der Waals surface area contributed by atoms with Gasteiger partial charge in [0.2, 0.25) is 5.79 Å². The van der Waals surface area contributed by atoms with Gasteiger partial charge in [-0.3, -0.25) is 4.57 Å². The molecule has 1 rings (SSSR count). The van der Waals surface area contributed by atoms with Gasteiger partial charge >= 0.3 is 7.60 Å². The van der Waals surface area contributed by atoms with Crippen molar-refractivity contribution in [3.63, 3.8) is 0 Å². The minimum atomic E-state index is -4.61. The molecule has 0 radical (unpaired) electrons. The molecule has 0 saturated carbocycles. The smallest absolute Gasteiger partial charge is 0.331 e. The first-order valence-electron chi connectivity index (χ1n) is 4.11. The molecule has 0 aliphatic carbocycles. The molecule has 9 heteroatoms. The molecule has 6 N–H and O–H groups in total. The number of rotatable bonds is 3. The quantitative estimate of drug-likeness (QED) is 0.287. The predicted molar refractivity (Wildman–Crippen MR) is 45.8 cm³/mol. The minimum absolute atomic E-state index is 0.679. The summed E-state index contributed by atoms with van der Waals surface area (Å²) in [5.41, 5.74) is 0. The van der Waals surface area contributed by atoms with Crippen molar-refractivity contribution in [1.29, 1.82) is 0 Å². The Morgan fingerprint density at radius 1 is 1.33 bits per heavy atom. The van der Waals surface area contributed by atoms with Gasteiger partial charge in [0, 0.05) is 0 Å². The van der Waals surface area contributed by atoms with E-state index in [2.05, 4.69) is 4.74 Å². The topological polar surface area (TPSA) is 148 Å². The van der Waals surface area contributed by atoms with Crippen molar-refractivity contribution in [2.45, 2.75) is 24.1 Å². The largest absolute Gasteiger partial charge is 0.394 e. The lowest BCUT2D eigenvalue weighted by Gasteiger charge is -2.25. The Balaban J connectivity index is 2.82. The fraction of sp³-hybridized carbons (Fsp3) is 1.00. The molecule has 1 aliphatic heterocycles. The van der Waals surface area contributed by atoms with E-state index >= 15 is 0 Å². The highest BCUT2D eigenvalue weighted by molar-refractivity contribution is 7.51. The zero-order chi connectivity index (χ0) is 11.9. The van der Waals surface area contributed by atoms with E-state index in [0.717, 1.165) is 0 Å². The molecule has 0 aromatic carbocycles. The van der Waals surface area contributed by atoms with Crippen LogP contribution in [-0.4, -0.2) is 67.1 Å². The average Bonchev–Trinajstić information content (AvgIpc) is 2.27. The SMILES string of the molecule is O=P(O)(O)CC1(O)O[C@H](CO)[C@@H](O)[C@@H]1O. The lowest BCUT2D eigenvalue weighted by molar-refractivity contribution is -0.216. The summed E-state index contributed by atoms with van der Waals surface area (Å²) in [5.74, 6) is -2.54. The van der Waals surface area contributed by atoms with Crippen molar-refractivity contribution in [3.8, 4) is 0 Å². The lowest BCUT2D eigenvalue weighted by atomic mass is 10.1. The molecule has 0 bridgehead atoms. The van der Waals surface area contributed by atoms with E-state index in [9.17, 15) is 19.9 Å². The normalized spacial score (nSPS) is 42.1. The van der Waals surface area contributed by atoms with E-state index in [1.807, 2.05) is 0 Å². The Kier molecular flexibility index (Phi) is 3.54. The molecule has 4 atom stereocenters. The van der Waals surface area contributed by atoms with Gasteiger partial charge in [-0.25, -0.2) is 0 Å². The van der Waals surface area contributed by atoms with E-state index in [-0.39, 0.29) is 0 Å². The van der Waals surface area contributed by atoms with Crippen LogP contribution in [0.5, 0.6) is 0 Å². The maximum absolute atomic E-state index is 10.6. The lowest BCUT2D eigenvalue weighted by Crippen LogP contribution is -2.46. The molecule has 0 aromatic rings. The van der Waals surface area contributed by atoms with Crippen molar-refractivity contribution in [1.82, 2.24) is 0 Å². The molecule has 1 heterocycles. The first-order chi connectivity index (χ1) is 6.69. The monoisotopic (exact) mass is 244 g/mol. The number of aliphatic hydroxyl groups is 4. The molecule has 0 aromatic heterocycles. The Morgan fingerprint density at radius 3 is 2.20 bits per heavy atom. The summed E-state index contributed by atoms with van der Waals surface area (Å²) >= 11 is 0. The number of hydrogen-bond acceptors (Lipinski definition) is 6. The molecule has 90 valence electrons. The maximum atomic E-state index is 10.6. The second-order valence-electron chi connectivity index (χ2n) is 3.44. The standard InChI is InChI=1S/C6H13O8P/c7-1-3-4(8)5(9)6(10,14-3)2-15(11,12)13/h3-5,7-10H,1-2H2,(H2,11,12,13)/t3-,4-,5+,6?/m1/s1. The van der Waals surface area contributed by atoms with E-state index in [0.29, 0.717) is 0 Å². The molecule has 15 heavy (non-hydrogen) atoms. The molecule has 0 spiro atoms. The molecule has 1 saturated heterocycles. The van der Waals surface area contributed by atoms with Crippen LogP contribution in [0.25, 0.3) is 0 Å². The van der Waals surface area contributed by atoms with Crippen molar-refractivity contribution in [2.24, 2.45) is 0 Å². The average molecular weight is 244 g/mol. The van der Waals surface area contributed by atoms with Gasteiger partial charge in [-0.2, -0.15) is 0 Å². The fourth-order valence-electron chi connectivity index (χ4n) is 1.44. The van der Waals surface area contributed by atoms with E-state index in [4.69, 9.17) is 14.9 Å². The Hall–Kier alpha value is -0.0500. The molecule has 1 fully saturated rings. The van der Waals surface area contributed by atoms with Crippen LogP contribution in [-0.2, 0) is 9.30 Å². The second kappa shape index (κ2) is 4.08. The molecule has 0 amide bonds. The predicted octanol–water partition coefficient (Wildman–Crippen LogP) is -3.03. The summed E-state index contributed by atoms with van der Waals surface area (Å²) in [6, 6.07) is 0. The van der Waals surface area contributed by atoms with E-state index in [1.165, 1.54) is 0 Å². The van der Waals surface area contributed by atoms with Crippen LogP contribution >= 0.6 is 7.60 Å². The highest BCUT2D eigenvalue weighted by atomic mass is 31.2. The molecule has 8 nitrogen and oxygen atoms in total. The zero-order valence-corrected chi connectivity index (χ0v) is 8.49. The summed E-state index contributed by atoms with van der Waals surface area (Å²) < 4.78 is 15.3. The summed E-state index contributed by atoms with van der Waals surface area (Å²) in [4.78, 5) is 17.2. The van der Waals surface area contributed by atoms with Crippen molar-refractivity contribution in [2.75, 3.05) is 12.8 Å². The Labute approximate surface area is 84.9 Å². The van der Waals surface area contributed by atoms with Crippen LogP contribution in [0.3, 0.4) is 0 Å². The van der Waals surface area contributed by atoms with Crippen LogP contribution in [0.4, 0.5) is 0 Å². The Morgan fingerprint density at radius 2 is 1.87 bits per heavy atom. The first kappa shape index (κ1) is 13.0. The van der Waals surface area contributed by atoms with Crippen molar-refractivity contribution < 1.29 is 39.5 Å². The second-order valence-corrected chi connectivity index (χ2v) is 5.09. The van der Waals surface area contributed by atoms with Gasteiger partial charge in [-0.05, 0) is 0 Å². The van der Waals surface area contributed by atoms with Crippen LogP contribution < -0.4 is 0 Å². The summed E-state index contributed by atoms with van der Waals surface area (Å²) in [5, 5.41) is 36.8. The van der Waals surface area contributed by atoms with Gasteiger partial charge < -0.3 is 34.9 Å². The molecule has 1 unspecified atom stereocenters. The van der Waals surface area contributed by atoms with Gasteiger partial charge in [0.1, 0.15) is 24.5 Å². The maximum Gasteiger partial charge on any atom is 0.331 e. The zero-order valence-electron chi connectivity index (χ0n) is 7.59. The van der Waals surface area contributed by atoms with Crippen LogP contribution in [0.15, 0.2) is 0 Å². The highest BCUT2D eigenvalue weighted by Gasteiger charge is 2.55. The molecule has 1 aliphatic rings. The van der Waals surface area contributed by atoms with Gasteiger partial charge in [-0.15, -0.1) is 0 Å². The van der Waals surface area contributed by atoms with Crippen molar-refractivity contribution in [3.05, 3.63) is 0 Å². The Bertz CT molecular complexity index is 276. The van der Waals surface area contributed by atoms with Crippen LogP contribution in [0, 0.1) is 0 Å². The van der Waals surface area contributed by atoms with Crippen molar-refractivity contribution >= 4 is 7.60 Å². The van der Waals surface area contributed by atoms with E-state index < -0.39 is 44.5 Å². The number of ether oxygens (including phenoxy) is 1. The fourth-order valence-corrected chi connectivity index (χ4v) is 2.29. The minimum Gasteiger partial charge on any atom is -0.394 e. The van der Waals surface area contributed by atoms with Crippen LogP contribution in [0.1, 0.15) is 0 Å². The van der Waals surface area contributed by atoms with Gasteiger partial charge in [0.15, 0.2) is 0 Å². The third kappa shape index (κ3) is 2.74. The van der Waals surface area contributed by atoms with Crippen LogP contribution in [0.2, 0.25) is 0 Å². The van der Waals surface area contributed by atoms with Gasteiger partial charge in [-0.1, -0.05) is 0 Å². The number of hydrogen-bond donors (Lipinski definition) is 6. The van der Waals surface area contributed by atoms with Gasteiger partial charge in [0.05, 0.1) is 6.61 Å². The summed E-state index contributed by atoms with van der Waals surface area (Å²) in [6.45, 7) is -0.679. The third-order valence-corrected chi connectivity index (χ3v) is 3.00. The highest BCUT2D eigenvalue weighted by Crippen LogP contribution is 2.43. The third-order valence-electron chi connectivity index (χ3n) is 2.13. The van der Waals surface area contributed by atoms with E-state index in [1.54, 1.807) is 0 Å². The molecular weight excluding hydrogens is 231 g/mol. The first-order valence-corrected chi connectivity index (χ1v) is 5.91. The number of aliphatic hydroxyl groups excluding tert-OH is 3. The summed E-state index contributed by atoms with van der Waals surface area (Å²) in [7, 11) is -4.61. The van der Waals surface area contributed by atoms with Gasteiger partial charge in [0.25, 0.3) is 0 Å².